The van der Waals surface area contributed by atoms with Crippen LogP contribution in [0.25, 0.3) is 5.76 Å². The van der Waals surface area contributed by atoms with Gasteiger partial charge in [0.05, 0.1) is 39.0 Å². The average molecular weight is 485 g/mol. The summed E-state index contributed by atoms with van der Waals surface area (Å²) in [5, 5.41) is 11.1. The molecule has 0 aliphatic carbocycles. The number of amides is 1. The number of ketones is 1. The molecule has 1 atom stereocenters. The average Bonchev–Trinajstić information content (AvgIpc) is 3.14. The van der Waals surface area contributed by atoms with Gasteiger partial charge in [0.2, 0.25) is 0 Å². The van der Waals surface area contributed by atoms with E-state index in [1.807, 2.05) is 0 Å². The second kappa shape index (κ2) is 10.9. The number of hydrogen-bond acceptors (Lipinski definition) is 7. The number of Topliss-reactive ketones (excluding diaryl/α,β-unsaturated/α-hetero) is 1. The Morgan fingerprint density at radius 2 is 1.77 bits per heavy atom. The van der Waals surface area contributed by atoms with E-state index in [0.29, 0.717) is 37.5 Å². The van der Waals surface area contributed by atoms with Crippen molar-refractivity contribution in [2.45, 2.75) is 12.5 Å². The maximum absolute atomic E-state index is 14.3. The van der Waals surface area contributed by atoms with Crippen molar-refractivity contribution in [1.82, 2.24) is 9.80 Å². The molecular weight excluding hydrogens is 455 g/mol. The summed E-state index contributed by atoms with van der Waals surface area (Å²) in [6, 6.07) is 10.1. The Balaban J connectivity index is 1.69. The number of aliphatic hydroxyl groups excluding tert-OH is 1. The molecule has 35 heavy (non-hydrogen) atoms. The first-order chi connectivity index (χ1) is 16.9. The largest absolute Gasteiger partial charge is 0.507 e. The van der Waals surface area contributed by atoms with Crippen LogP contribution in [0.2, 0.25) is 0 Å². The van der Waals surface area contributed by atoms with Crippen LogP contribution < -0.4 is 9.47 Å². The highest BCUT2D eigenvalue weighted by molar-refractivity contribution is 6.46. The predicted molar refractivity (Wildman–Crippen MR) is 127 cm³/mol. The van der Waals surface area contributed by atoms with Crippen molar-refractivity contribution >= 4 is 17.4 Å². The van der Waals surface area contributed by atoms with Gasteiger partial charge in [-0.1, -0.05) is 12.1 Å². The maximum atomic E-state index is 14.3. The van der Waals surface area contributed by atoms with Crippen molar-refractivity contribution < 1.29 is 33.3 Å². The SMILES string of the molecule is COc1ccc(C2/C(=C(\O)c3ccc(OC)c(F)c3)C(=O)C(=O)N2CCCN2CCOCC2)cc1. The summed E-state index contributed by atoms with van der Waals surface area (Å²) in [6.07, 6.45) is 0.650. The molecule has 2 aromatic rings. The standard InChI is InChI=1S/C26H29FN2O6/c1-33-19-7-4-17(5-8-19)23-22(24(30)18-6-9-21(34-2)20(27)16-18)25(31)26(32)29(23)11-3-10-28-12-14-35-15-13-28/h4-9,16,23,30H,3,10-15H2,1-2H3/b24-22+. The van der Waals surface area contributed by atoms with Crippen LogP contribution in [-0.4, -0.2) is 80.2 Å². The number of nitrogens with zero attached hydrogens (tertiary/aromatic N) is 2. The number of carbonyl (C=O) groups excluding carboxylic acids is 2. The number of rotatable bonds is 8. The number of hydrogen-bond donors (Lipinski definition) is 1. The van der Waals surface area contributed by atoms with Crippen molar-refractivity contribution in [3.8, 4) is 11.5 Å². The third-order valence-electron chi connectivity index (χ3n) is 6.37. The number of benzene rings is 2. The quantitative estimate of drug-likeness (QED) is 0.350. The first-order valence-electron chi connectivity index (χ1n) is 11.5. The number of morpholine rings is 1. The Morgan fingerprint density at radius 3 is 2.40 bits per heavy atom. The fraction of sp³-hybridized carbons (Fsp3) is 0.385. The van der Waals surface area contributed by atoms with Gasteiger partial charge in [-0.2, -0.15) is 0 Å². The normalized spacial score (nSPS) is 20.3. The first-order valence-corrected chi connectivity index (χ1v) is 11.5. The van der Waals surface area contributed by atoms with Crippen LogP contribution >= 0.6 is 0 Å². The third kappa shape index (κ3) is 5.16. The Hall–Kier alpha value is -3.43. The Bertz CT molecular complexity index is 1110. The molecule has 2 fully saturated rings. The Labute approximate surface area is 203 Å². The van der Waals surface area contributed by atoms with Crippen LogP contribution in [0.1, 0.15) is 23.6 Å². The minimum Gasteiger partial charge on any atom is -0.507 e. The van der Waals surface area contributed by atoms with E-state index in [0.717, 1.165) is 25.7 Å². The molecule has 2 saturated heterocycles. The van der Waals surface area contributed by atoms with E-state index in [4.69, 9.17) is 14.2 Å². The summed E-state index contributed by atoms with van der Waals surface area (Å²) in [5.41, 5.74) is 0.663. The zero-order valence-corrected chi connectivity index (χ0v) is 19.8. The summed E-state index contributed by atoms with van der Waals surface area (Å²) in [6.45, 7) is 4.08. The molecule has 0 aromatic heterocycles. The van der Waals surface area contributed by atoms with E-state index in [2.05, 4.69) is 4.90 Å². The van der Waals surface area contributed by atoms with Crippen molar-refractivity contribution in [1.29, 1.82) is 0 Å². The predicted octanol–water partition coefficient (Wildman–Crippen LogP) is 2.99. The zero-order chi connectivity index (χ0) is 24.9. The summed E-state index contributed by atoms with van der Waals surface area (Å²) in [4.78, 5) is 30.0. The molecule has 186 valence electrons. The molecule has 2 heterocycles. The number of halogens is 1. The van der Waals surface area contributed by atoms with E-state index < -0.39 is 29.3 Å². The molecule has 9 heteroatoms. The van der Waals surface area contributed by atoms with Gasteiger partial charge in [0, 0.05) is 31.7 Å². The smallest absolute Gasteiger partial charge is 0.295 e. The second-order valence-electron chi connectivity index (χ2n) is 8.42. The lowest BCUT2D eigenvalue weighted by Gasteiger charge is -2.29. The van der Waals surface area contributed by atoms with Crippen LogP contribution in [0.3, 0.4) is 0 Å². The van der Waals surface area contributed by atoms with Gasteiger partial charge in [0.1, 0.15) is 11.5 Å². The molecule has 1 N–H and O–H groups in total. The van der Waals surface area contributed by atoms with Gasteiger partial charge in [0.15, 0.2) is 11.6 Å². The minimum atomic E-state index is -0.809. The number of methoxy groups -OCH3 is 2. The number of likely N-dealkylation sites (tertiary alicyclic amines) is 1. The molecule has 0 saturated carbocycles. The molecule has 2 aliphatic heterocycles. The van der Waals surface area contributed by atoms with E-state index in [1.54, 1.807) is 31.4 Å². The van der Waals surface area contributed by atoms with Crippen LogP contribution in [-0.2, 0) is 14.3 Å². The molecule has 2 aromatic carbocycles. The second-order valence-corrected chi connectivity index (χ2v) is 8.42. The molecule has 0 radical (unpaired) electrons. The molecule has 0 spiro atoms. The van der Waals surface area contributed by atoms with Gasteiger partial charge < -0.3 is 24.2 Å². The monoisotopic (exact) mass is 484 g/mol. The number of carbonyl (C=O) groups is 2. The van der Waals surface area contributed by atoms with Gasteiger partial charge in [-0.3, -0.25) is 14.5 Å². The molecule has 4 rings (SSSR count). The molecule has 1 unspecified atom stereocenters. The number of ether oxygens (including phenoxy) is 3. The molecule has 8 nitrogen and oxygen atoms in total. The summed E-state index contributed by atoms with van der Waals surface area (Å²) < 4.78 is 29.9. The van der Waals surface area contributed by atoms with E-state index in [1.165, 1.54) is 24.1 Å². The van der Waals surface area contributed by atoms with Crippen molar-refractivity contribution in [2.24, 2.45) is 0 Å². The Kier molecular flexibility index (Phi) is 7.67. The van der Waals surface area contributed by atoms with Gasteiger partial charge in [-0.25, -0.2) is 4.39 Å². The fourth-order valence-corrected chi connectivity index (χ4v) is 4.50. The highest BCUT2D eigenvalue weighted by atomic mass is 19.1. The highest BCUT2D eigenvalue weighted by Gasteiger charge is 2.45. The lowest BCUT2D eigenvalue weighted by Crippen LogP contribution is -2.38. The Morgan fingerprint density at radius 1 is 1.06 bits per heavy atom. The van der Waals surface area contributed by atoms with Gasteiger partial charge in [-0.05, 0) is 42.3 Å². The van der Waals surface area contributed by atoms with E-state index in [9.17, 15) is 19.1 Å². The molecule has 2 aliphatic rings. The third-order valence-corrected chi connectivity index (χ3v) is 6.37. The van der Waals surface area contributed by atoms with Crippen LogP contribution in [0, 0.1) is 5.82 Å². The minimum absolute atomic E-state index is 0.0109. The van der Waals surface area contributed by atoms with Crippen molar-refractivity contribution in [3.05, 3.63) is 65.0 Å². The van der Waals surface area contributed by atoms with Crippen LogP contribution in [0.15, 0.2) is 48.0 Å². The number of aliphatic hydroxyl groups is 1. The topological polar surface area (TPSA) is 88.5 Å². The lowest BCUT2D eigenvalue weighted by atomic mass is 9.95. The first kappa shape index (κ1) is 24.7. The van der Waals surface area contributed by atoms with Crippen molar-refractivity contribution in [3.63, 3.8) is 0 Å². The van der Waals surface area contributed by atoms with E-state index >= 15 is 0 Å². The summed E-state index contributed by atoms with van der Waals surface area (Å²) in [7, 11) is 2.88. The van der Waals surface area contributed by atoms with Crippen molar-refractivity contribution in [2.75, 3.05) is 53.6 Å². The highest BCUT2D eigenvalue weighted by Crippen LogP contribution is 2.40. The van der Waals surface area contributed by atoms with Gasteiger partial charge in [0.25, 0.3) is 11.7 Å². The van der Waals surface area contributed by atoms with Crippen LogP contribution in [0.5, 0.6) is 11.5 Å². The molecule has 1 amide bonds. The lowest BCUT2D eigenvalue weighted by molar-refractivity contribution is -0.140. The van der Waals surface area contributed by atoms with E-state index in [-0.39, 0.29) is 16.9 Å². The molecule has 0 bridgehead atoms. The summed E-state index contributed by atoms with van der Waals surface area (Å²) >= 11 is 0. The van der Waals surface area contributed by atoms with Gasteiger partial charge >= 0.3 is 0 Å². The molecular formula is C26H29FN2O6. The summed E-state index contributed by atoms with van der Waals surface area (Å²) in [5.74, 6) is -1.97. The zero-order valence-electron chi connectivity index (χ0n) is 19.8. The van der Waals surface area contributed by atoms with Gasteiger partial charge in [-0.15, -0.1) is 0 Å². The van der Waals surface area contributed by atoms with Crippen LogP contribution in [0.4, 0.5) is 4.39 Å². The fourth-order valence-electron chi connectivity index (χ4n) is 4.50. The maximum Gasteiger partial charge on any atom is 0.295 e.